The number of aliphatic imine (C=N–C) groups is 2. The maximum Gasteiger partial charge on any atom is 0.170 e. The topological polar surface area (TPSA) is 103 Å². The lowest BCUT2D eigenvalue weighted by atomic mass is 10.1. The first-order valence-corrected chi connectivity index (χ1v) is 10.6. The van der Waals surface area contributed by atoms with Gasteiger partial charge in [0.2, 0.25) is 0 Å². The Labute approximate surface area is 187 Å². The molecule has 2 heterocycles. The minimum atomic E-state index is 0.538. The first kappa shape index (κ1) is 21.2. The van der Waals surface area contributed by atoms with E-state index in [0.29, 0.717) is 36.3 Å². The van der Waals surface area contributed by atoms with Crippen molar-refractivity contribution in [3.8, 4) is 34.2 Å². The summed E-state index contributed by atoms with van der Waals surface area (Å²) in [5.41, 5.74) is 15.6. The quantitative estimate of drug-likeness (QED) is 0.308. The average Bonchev–Trinajstić information content (AvgIpc) is 3.50. The standard InChI is InChI=1S/C26H26N4O2/c1-3-29-25(27)19-9-5-17(6-10-19)21-13-15-23(31-21)24-16-14-22(32-24)18-7-11-20(12-8-18)26(28)30-4-2/h5-16H,3-4H2,1-2H3,(H2,27,29)(H2,28,30). The number of furan rings is 2. The molecule has 0 aliphatic rings. The Morgan fingerprint density at radius 3 is 1.25 bits per heavy atom. The van der Waals surface area contributed by atoms with E-state index in [9.17, 15) is 0 Å². The van der Waals surface area contributed by atoms with E-state index in [0.717, 1.165) is 33.8 Å². The van der Waals surface area contributed by atoms with Gasteiger partial charge in [-0.3, -0.25) is 9.98 Å². The lowest BCUT2D eigenvalue weighted by molar-refractivity contribution is 0.539. The molecule has 162 valence electrons. The number of nitrogens with zero attached hydrogens (tertiary/aromatic N) is 2. The highest BCUT2D eigenvalue weighted by Gasteiger charge is 2.12. The van der Waals surface area contributed by atoms with E-state index in [4.69, 9.17) is 20.3 Å². The minimum Gasteiger partial charge on any atom is -0.453 e. The molecule has 0 saturated carbocycles. The van der Waals surface area contributed by atoms with Crippen LogP contribution in [0.5, 0.6) is 0 Å². The van der Waals surface area contributed by atoms with Crippen LogP contribution in [0.25, 0.3) is 34.2 Å². The van der Waals surface area contributed by atoms with Crippen molar-refractivity contribution in [3.05, 3.63) is 83.9 Å². The predicted octanol–water partition coefficient (Wildman–Crippen LogP) is 5.32. The van der Waals surface area contributed by atoms with Crippen molar-refractivity contribution in [2.24, 2.45) is 21.5 Å². The van der Waals surface area contributed by atoms with Gasteiger partial charge in [-0.05, 0) is 38.1 Å². The van der Waals surface area contributed by atoms with Crippen LogP contribution in [-0.4, -0.2) is 24.8 Å². The Hall–Kier alpha value is -4.06. The summed E-state index contributed by atoms with van der Waals surface area (Å²) in [5.74, 6) is 3.92. The average molecular weight is 427 g/mol. The van der Waals surface area contributed by atoms with Gasteiger partial charge in [-0.25, -0.2) is 0 Å². The first-order valence-electron chi connectivity index (χ1n) is 10.6. The largest absolute Gasteiger partial charge is 0.453 e. The molecule has 0 aliphatic heterocycles. The SMILES string of the molecule is CC/N=C(\N)c1ccc(-c2ccc(-c3ccc(-c4ccc(/C(N)=N/CC)cc4)o3)o2)cc1. The highest BCUT2D eigenvalue weighted by molar-refractivity contribution is 5.98. The van der Waals surface area contributed by atoms with Crippen LogP contribution in [0.15, 0.2) is 91.6 Å². The van der Waals surface area contributed by atoms with Crippen molar-refractivity contribution in [3.63, 3.8) is 0 Å². The Kier molecular flexibility index (Phi) is 6.22. The van der Waals surface area contributed by atoms with Gasteiger partial charge >= 0.3 is 0 Å². The fourth-order valence-electron chi connectivity index (χ4n) is 3.38. The summed E-state index contributed by atoms with van der Waals surface area (Å²) in [6.45, 7) is 5.23. The molecule has 0 spiro atoms. The maximum atomic E-state index is 6.04. The van der Waals surface area contributed by atoms with E-state index in [1.165, 1.54) is 0 Å². The van der Waals surface area contributed by atoms with Crippen LogP contribution in [0.3, 0.4) is 0 Å². The normalized spacial score (nSPS) is 12.3. The van der Waals surface area contributed by atoms with Gasteiger partial charge in [-0.15, -0.1) is 0 Å². The third-order valence-corrected chi connectivity index (χ3v) is 5.04. The van der Waals surface area contributed by atoms with E-state index in [2.05, 4.69) is 9.98 Å². The number of amidine groups is 2. The van der Waals surface area contributed by atoms with Crippen LogP contribution in [-0.2, 0) is 0 Å². The van der Waals surface area contributed by atoms with Crippen LogP contribution >= 0.6 is 0 Å². The van der Waals surface area contributed by atoms with Gasteiger partial charge in [-0.1, -0.05) is 48.5 Å². The zero-order valence-corrected chi connectivity index (χ0v) is 18.2. The Balaban J connectivity index is 1.52. The van der Waals surface area contributed by atoms with Gasteiger partial charge in [0.1, 0.15) is 23.2 Å². The van der Waals surface area contributed by atoms with Crippen LogP contribution in [0.2, 0.25) is 0 Å². The zero-order chi connectivity index (χ0) is 22.5. The van der Waals surface area contributed by atoms with Crippen LogP contribution in [0.1, 0.15) is 25.0 Å². The molecule has 4 aromatic rings. The van der Waals surface area contributed by atoms with Crippen LogP contribution < -0.4 is 11.5 Å². The Morgan fingerprint density at radius 1 is 0.562 bits per heavy atom. The number of rotatable bonds is 7. The number of hydrogen-bond acceptors (Lipinski definition) is 4. The summed E-state index contributed by atoms with van der Waals surface area (Å²) in [6.07, 6.45) is 0. The summed E-state index contributed by atoms with van der Waals surface area (Å²) in [6, 6.07) is 23.3. The fourth-order valence-corrected chi connectivity index (χ4v) is 3.38. The molecule has 6 nitrogen and oxygen atoms in total. The van der Waals surface area contributed by atoms with Gasteiger partial charge in [-0.2, -0.15) is 0 Å². The molecular weight excluding hydrogens is 400 g/mol. The van der Waals surface area contributed by atoms with Crippen molar-refractivity contribution < 1.29 is 8.83 Å². The van der Waals surface area contributed by atoms with E-state index < -0.39 is 0 Å². The molecule has 0 bridgehead atoms. The number of benzene rings is 2. The summed E-state index contributed by atoms with van der Waals surface area (Å²) in [7, 11) is 0. The van der Waals surface area contributed by atoms with Crippen LogP contribution in [0, 0.1) is 0 Å². The molecule has 0 radical (unpaired) electrons. The van der Waals surface area contributed by atoms with Gasteiger partial charge in [0.05, 0.1) is 0 Å². The van der Waals surface area contributed by atoms with E-state index in [1.807, 2.05) is 86.6 Å². The second-order valence-electron chi connectivity index (χ2n) is 7.20. The van der Waals surface area contributed by atoms with Crippen molar-refractivity contribution in [1.29, 1.82) is 0 Å². The van der Waals surface area contributed by atoms with E-state index >= 15 is 0 Å². The third-order valence-electron chi connectivity index (χ3n) is 5.04. The summed E-state index contributed by atoms with van der Waals surface area (Å²) >= 11 is 0. The highest BCUT2D eigenvalue weighted by Crippen LogP contribution is 2.32. The van der Waals surface area contributed by atoms with E-state index in [1.54, 1.807) is 0 Å². The molecule has 0 amide bonds. The minimum absolute atomic E-state index is 0.538. The Morgan fingerprint density at radius 2 is 0.906 bits per heavy atom. The molecule has 0 atom stereocenters. The molecule has 6 heteroatoms. The Bertz CT molecular complexity index is 1150. The van der Waals surface area contributed by atoms with Crippen LogP contribution in [0.4, 0.5) is 0 Å². The molecule has 4 N–H and O–H groups in total. The molecular formula is C26H26N4O2. The summed E-state index contributed by atoms with van der Waals surface area (Å²) in [4.78, 5) is 8.47. The van der Waals surface area contributed by atoms with Gasteiger partial charge in [0.15, 0.2) is 11.5 Å². The summed E-state index contributed by atoms with van der Waals surface area (Å²) in [5, 5.41) is 0. The van der Waals surface area contributed by atoms with E-state index in [-0.39, 0.29) is 0 Å². The fraction of sp³-hybridized carbons (Fsp3) is 0.154. The highest BCUT2D eigenvalue weighted by atomic mass is 16.4. The van der Waals surface area contributed by atoms with Crippen molar-refractivity contribution in [1.82, 2.24) is 0 Å². The zero-order valence-electron chi connectivity index (χ0n) is 18.2. The van der Waals surface area contributed by atoms with Gasteiger partial charge < -0.3 is 20.3 Å². The predicted molar refractivity (Wildman–Crippen MR) is 130 cm³/mol. The molecule has 2 aromatic heterocycles. The molecule has 0 aliphatic carbocycles. The number of nitrogens with two attached hydrogens (primary N) is 2. The maximum absolute atomic E-state index is 6.04. The first-order chi connectivity index (χ1) is 15.6. The second-order valence-corrected chi connectivity index (χ2v) is 7.20. The number of hydrogen-bond donors (Lipinski definition) is 2. The molecule has 0 unspecified atom stereocenters. The van der Waals surface area contributed by atoms with Crippen molar-refractivity contribution >= 4 is 11.7 Å². The smallest absolute Gasteiger partial charge is 0.170 e. The molecule has 0 fully saturated rings. The van der Waals surface area contributed by atoms with Crippen molar-refractivity contribution in [2.45, 2.75) is 13.8 Å². The van der Waals surface area contributed by atoms with Gasteiger partial charge in [0, 0.05) is 35.3 Å². The lowest BCUT2D eigenvalue weighted by Gasteiger charge is -2.02. The lowest BCUT2D eigenvalue weighted by Crippen LogP contribution is -2.13. The molecule has 2 aromatic carbocycles. The second kappa shape index (κ2) is 9.39. The third kappa shape index (κ3) is 4.49. The monoisotopic (exact) mass is 426 g/mol. The summed E-state index contributed by atoms with van der Waals surface area (Å²) < 4.78 is 12.1. The molecule has 4 rings (SSSR count). The van der Waals surface area contributed by atoms with Gasteiger partial charge in [0.25, 0.3) is 0 Å². The van der Waals surface area contributed by atoms with Crippen molar-refractivity contribution in [2.75, 3.05) is 13.1 Å². The molecule has 0 saturated heterocycles. The molecule has 32 heavy (non-hydrogen) atoms.